The number of carboxylic acid groups (broad SMARTS) is 1. The maximum absolute atomic E-state index is 13.6. The van der Waals surface area contributed by atoms with Crippen LogP contribution in [0.4, 0.5) is 4.39 Å². The fourth-order valence-corrected chi connectivity index (χ4v) is 2.17. The summed E-state index contributed by atoms with van der Waals surface area (Å²) in [5, 5.41) is 17.2. The molecule has 1 fully saturated rings. The molecule has 2 rings (SSSR count). The molecule has 0 aromatic heterocycles. The number of carbonyl (C=O) groups is 1. The van der Waals surface area contributed by atoms with Crippen LogP contribution in [-0.4, -0.2) is 29.1 Å². The van der Waals surface area contributed by atoms with Crippen molar-refractivity contribution in [2.24, 2.45) is 5.92 Å². The van der Waals surface area contributed by atoms with E-state index in [2.05, 4.69) is 0 Å². The summed E-state index contributed by atoms with van der Waals surface area (Å²) < 4.78 is 13.6. The molecule has 94 valence electrons. The van der Waals surface area contributed by atoms with Crippen molar-refractivity contribution in [3.05, 3.63) is 35.1 Å². The molecule has 0 amide bonds. The van der Waals surface area contributed by atoms with Gasteiger partial charge in [0.1, 0.15) is 5.82 Å². The van der Waals surface area contributed by atoms with Gasteiger partial charge in [-0.1, -0.05) is 6.07 Å². The molecule has 1 aromatic carbocycles. The minimum absolute atomic E-state index is 0.170. The van der Waals surface area contributed by atoms with Gasteiger partial charge in [0.05, 0.1) is 18.1 Å². The van der Waals surface area contributed by atoms with Crippen LogP contribution < -0.4 is 0 Å². The molecule has 4 nitrogen and oxygen atoms in total. The lowest BCUT2D eigenvalue weighted by Crippen LogP contribution is -2.46. The van der Waals surface area contributed by atoms with Crippen LogP contribution in [0.15, 0.2) is 18.2 Å². The lowest BCUT2D eigenvalue weighted by molar-refractivity contribution is -0.139. The lowest BCUT2D eigenvalue weighted by Gasteiger charge is -2.38. The summed E-state index contributed by atoms with van der Waals surface area (Å²) in [6.07, 6.45) is 0.173. The van der Waals surface area contributed by atoms with Crippen LogP contribution in [0.25, 0.3) is 0 Å². The Bertz CT molecular complexity index is 504. The van der Waals surface area contributed by atoms with Gasteiger partial charge in [-0.3, -0.25) is 9.69 Å². The van der Waals surface area contributed by atoms with Crippen LogP contribution in [0, 0.1) is 23.1 Å². The Balaban J connectivity index is 1.89. The maximum atomic E-state index is 13.6. The van der Waals surface area contributed by atoms with Gasteiger partial charge in [0.15, 0.2) is 0 Å². The number of hydrogen-bond donors (Lipinski definition) is 1. The van der Waals surface area contributed by atoms with Crippen LogP contribution in [0.2, 0.25) is 0 Å². The first kappa shape index (κ1) is 12.5. The van der Waals surface area contributed by atoms with Gasteiger partial charge in [-0.25, -0.2) is 4.39 Å². The molecule has 1 N–H and O–H groups in total. The van der Waals surface area contributed by atoms with Gasteiger partial charge in [0.25, 0.3) is 0 Å². The molecule has 0 bridgehead atoms. The van der Waals surface area contributed by atoms with Gasteiger partial charge in [-0.15, -0.1) is 0 Å². The van der Waals surface area contributed by atoms with Gasteiger partial charge in [0, 0.05) is 25.2 Å². The number of benzene rings is 1. The molecule has 0 radical (unpaired) electrons. The summed E-state index contributed by atoms with van der Waals surface area (Å²) in [5.41, 5.74) is 0.853. The Labute approximate surface area is 104 Å². The molecule has 1 heterocycles. The molecule has 5 heteroatoms. The quantitative estimate of drug-likeness (QED) is 0.879. The van der Waals surface area contributed by atoms with Crippen molar-refractivity contribution in [2.45, 2.75) is 13.0 Å². The first-order valence-corrected chi connectivity index (χ1v) is 5.71. The monoisotopic (exact) mass is 248 g/mol. The minimum Gasteiger partial charge on any atom is -0.481 e. The van der Waals surface area contributed by atoms with E-state index in [1.807, 2.05) is 11.0 Å². The molecule has 0 saturated carbocycles. The van der Waals surface area contributed by atoms with Crippen molar-refractivity contribution in [1.29, 1.82) is 5.26 Å². The standard InChI is InChI=1S/C13H13FN2O2/c14-12-3-9(5-15)1-2-11(12)8-16-6-10(7-16)4-13(17)18/h1-3,10H,4,6-8H2,(H,17,18). The van der Waals surface area contributed by atoms with Crippen molar-refractivity contribution in [1.82, 2.24) is 4.90 Å². The number of rotatable bonds is 4. The van der Waals surface area contributed by atoms with E-state index in [9.17, 15) is 9.18 Å². The van der Waals surface area contributed by atoms with E-state index in [1.54, 1.807) is 12.1 Å². The highest BCUT2D eigenvalue weighted by Gasteiger charge is 2.28. The molecule has 0 unspecified atom stereocenters. The second kappa shape index (κ2) is 5.15. The van der Waals surface area contributed by atoms with Gasteiger partial charge < -0.3 is 5.11 Å². The molecular weight excluding hydrogens is 235 g/mol. The van der Waals surface area contributed by atoms with Gasteiger partial charge in [0.2, 0.25) is 0 Å². The number of halogens is 1. The molecule has 0 aliphatic carbocycles. The van der Waals surface area contributed by atoms with Gasteiger partial charge in [-0.05, 0) is 18.1 Å². The summed E-state index contributed by atoms with van der Waals surface area (Å²) in [6.45, 7) is 1.84. The lowest BCUT2D eigenvalue weighted by atomic mass is 9.95. The molecule has 1 aromatic rings. The van der Waals surface area contributed by atoms with Crippen LogP contribution in [0.5, 0.6) is 0 Å². The average Bonchev–Trinajstić information content (AvgIpc) is 2.27. The highest BCUT2D eigenvalue weighted by atomic mass is 19.1. The predicted molar refractivity (Wildman–Crippen MR) is 62.1 cm³/mol. The summed E-state index contributed by atoms with van der Waals surface area (Å²) >= 11 is 0. The number of carboxylic acids is 1. The summed E-state index contributed by atoms with van der Waals surface area (Å²) in [5.74, 6) is -0.996. The van der Waals surface area contributed by atoms with Gasteiger partial charge in [-0.2, -0.15) is 5.26 Å². The summed E-state index contributed by atoms with van der Waals surface area (Å²) in [7, 11) is 0. The Morgan fingerprint density at radius 3 is 2.83 bits per heavy atom. The van der Waals surface area contributed by atoms with Crippen molar-refractivity contribution < 1.29 is 14.3 Å². The van der Waals surface area contributed by atoms with Crippen LogP contribution in [0.1, 0.15) is 17.5 Å². The molecule has 18 heavy (non-hydrogen) atoms. The number of nitrogens with zero attached hydrogens (tertiary/aromatic N) is 2. The van der Waals surface area contributed by atoms with Gasteiger partial charge >= 0.3 is 5.97 Å². The Kier molecular flexibility index (Phi) is 3.58. The highest BCUT2D eigenvalue weighted by molar-refractivity contribution is 5.67. The zero-order chi connectivity index (χ0) is 13.1. The van der Waals surface area contributed by atoms with Crippen molar-refractivity contribution in [3.63, 3.8) is 0 Å². The Morgan fingerprint density at radius 2 is 2.28 bits per heavy atom. The number of likely N-dealkylation sites (tertiary alicyclic amines) is 1. The second-order valence-corrected chi connectivity index (χ2v) is 4.58. The van der Waals surface area contributed by atoms with E-state index in [0.717, 1.165) is 0 Å². The fraction of sp³-hybridized carbons (Fsp3) is 0.385. The normalized spacial score (nSPS) is 16.0. The maximum Gasteiger partial charge on any atom is 0.303 e. The van der Waals surface area contributed by atoms with E-state index < -0.39 is 5.97 Å². The second-order valence-electron chi connectivity index (χ2n) is 4.58. The number of aliphatic carboxylic acids is 1. The third-order valence-electron chi connectivity index (χ3n) is 3.07. The van der Waals surface area contributed by atoms with Crippen molar-refractivity contribution in [3.8, 4) is 6.07 Å². The van der Waals surface area contributed by atoms with Crippen LogP contribution in [0.3, 0.4) is 0 Å². The zero-order valence-corrected chi connectivity index (χ0v) is 9.77. The summed E-state index contributed by atoms with van der Waals surface area (Å²) in [4.78, 5) is 12.5. The molecule has 1 saturated heterocycles. The van der Waals surface area contributed by atoms with Crippen molar-refractivity contribution >= 4 is 5.97 Å². The van der Waals surface area contributed by atoms with Crippen LogP contribution >= 0.6 is 0 Å². The fourth-order valence-electron chi connectivity index (χ4n) is 2.17. The molecule has 1 aliphatic heterocycles. The first-order chi connectivity index (χ1) is 8.58. The third kappa shape index (κ3) is 2.84. The van der Waals surface area contributed by atoms with E-state index in [0.29, 0.717) is 30.8 Å². The van der Waals surface area contributed by atoms with E-state index >= 15 is 0 Å². The first-order valence-electron chi connectivity index (χ1n) is 5.71. The smallest absolute Gasteiger partial charge is 0.303 e. The largest absolute Gasteiger partial charge is 0.481 e. The molecule has 1 aliphatic rings. The molecular formula is C13H13FN2O2. The Morgan fingerprint density at radius 1 is 1.56 bits per heavy atom. The zero-order valence-electron chi connectivity index (χ0n) is 9.77. The van der Waals surface area contributed by atoms with E-state index in [4.69, 9.17) is 10.4 Å². The van der Waals surface area contributed by atoms with E-state index in [-0.39, 0.29) is 18.2 Å². The molecule has 0 spiro atoms. The van der Waals surface area contributed by atoms with Crippen LogP contribution in [-0.2, 0) is 11.3 Å². The van der Waals surface area contributed by atoms with E-state index in [1.165, 1.54) is 6.07 Å². The minimum atomic E-state index is -0.788. The SMILES string of the molecule is N#Cc1ccc(CN2CC(CC(=O)O)C2)c(F)c1. The highest BCUT2D eigenvalue weighted by Crippen LogP contribution is 2.22. The molecule has 0 atom stereocenters. The van der Waals surface area contributed by atoms with Crippen molar-refractivity contribution in [2.75, 3.05) is 13.1 Å². The summed E-state index contributed by atoms with van der Waals surface area (Å²) in [6, 6.07) is 6.31. The number of nitriles is 1. The number of hydrogen-bond acceptors (Lipinski definition) is 3. The Hall–Kier alpha value is -1.93. The predicted octanol–water partition coefficient (Wildman–Crippen LogP) is 1.60. The third-order valence-corrected chi connectivity index (χ3v) is 3.07. The topological polar surface area (TPSA) is 64.3 Å². The average molecular weight is 248 g/mol.